The van der Waals surface area contributed by atoms with E-state index >= 15 is 0 Å². The van der Waals surface area contributed by atoms with Gasteiger partial charge in [0.25, 0.3) is 0 Å². The molecule has 0 fully saturated rings. The van der Waals surface area contributed by atoms with Crippen LogP contribution < -0.4 is 9.47 Å². The Morgan fingerprint density at radius 2 is 1.48 bits per heavy atom. The zero-order chi connectivity index (χ0) is 14.9. The van der Waals surface area contributed by atoms with E-state index in [4.69, 9.17) is 9.47 Å². The Morgan fingerprint density at radius 1 is 0.857 bits per heavy atom. The van der Waals surface area contributed by atoms with Gasteiger partial charge in [-0.2, -0.15) is 0 Å². The molecule has 0 N–H and O–H groups in total. The molecule has 0 unspecified atom stereocenters. The molecule has 0 saturated heterocycles. The van der Waals surface area contributed by atoms with Crippen LogP contribution in [0, 0.1) is 0 Å². The lowest BCUT2D eigenvalue weighted by atomic mass is 10.1. The van der Waals surface area contributed by atoms with Crippen molar-refractivity contribution in [1.29, 1.82) is 0 Å². The van der Waals surface area contributed by atoms with Gasteiger partial charge in [0, 0.05) is 5.56 Å². The Hall–Kier alpha value is -2.29. The molecule has 3 heteroatoms. The highest BCUT2D eigenvalue weighted by Crippen LogP contribution is 2.14. The maximum atomic E-state index is 11.3. The average Bonchev–Trinajstić information content (AvgIpc) is 2.52. The first kappa shape index (κ1) is 15.1. The van der Waals surface area contributed by atoms with Crippen molar-refractivity contribution >= 4 is 5.78 Å². The molecule has 0 aromatic heterocycles. The largest absolute Gasteiger partial charge is 0.494 e. The number of ether oxygens (including phenoxy) is 2. The molecule has 0 heterocycles. The van der Waals surface area contributed by atoms with E-state index in [9.17, 15) is 4.79 Å². The Kier molecular flexibility index (Phi) is 5.83. The molecule has 0 aliphatic heterocycles. The van der Waals surface area contributed by atoms with Gasteiger partial charge in [-0.25, -0.2) is 0 Å². The molecule has 0 spiro atoms. The van der Waals surface area contributed by atoms with Gasteiger partial charge in [0.05, 0.1) is 13.2 Å². The van der Waals surface area contributed by atoms with Crippen LogP contribution in [0.15, 0.2) is 54.6 Å². The van der Waals surface area contributed by atoms with E-state index < -0.39 is 0 Å². The monoisotopic (exact) mass is 284 g/mol. The predicted octanol–water partition coefficient (Wildman–Crippen LogP) is 4.13. The maximum Gasteiger partial charge on any atom is 0.159 e. The van der Waals surface area contributed by atoms with E-state index in [1.54, 1.807) is 19.1 Å². The van der Waals surface area contributed by atoms with Gasteiger partial charge >= 0.3 is 0 Å². The molecule has 0 amide bonds. The second-order valence-corrected chi connectivity index (χ2v) is 4.80. The fourth-order valence-electron chi connectivity index (χ4n) is 1.91. The number of rotatable bonds is 8. The molecule has 0 saturated carbocycles. The third-order valence-corrected chi connectivity index (χ3v) is 3.06. The van der Waals surface area contributed by atoms with Crippen molar-refractivity contribution < 1.29 is 14.3 Å². The van der Waals surface area contributed by atoms with Crippen molar-refractivity contribution in [3.8, 4) is 11.5 Å². The van der Waals surface area contributed by atoms with Crippen molar-refractivity contribution in [2.45, 2.75) is 19.8 Å². The number of carbonyl (C=O) groups excluding carboxylic acids is 1. The van der Waals surface area contributed by atoms with Crippen LogP contribution in [0.1, 0.15) is 30.1 Å². The molecular formula is C18H20O3. The Morgan fingerprint density at radius 3 is 2.14 bits per heavy atom. The van der Waals surface area contributed by atoms with E-state index in [0.29, 0.717) is 18.8 Å². The first-order valence-corrected chi connectivity index (χ1v) is 7.17. The fraction of sp³-hybridized carbons (Fsp3) is 0.278. The lowest BCUT2D eigenvalue weighted by molar-refractivity contribution is 0.101. The number of ketones is 1. The van der Waals surface area contributed by atoms with Crippen molar-refractivity contribution in [3.63, 3.8) is 0 Å². The molecule has 2 rings (SSSR count). The van der Waals surface area contributed by atoms with Gasteiger partial charge < -0.3 is 9.47 Å². The molecule has 3 nitrogen and oxygen atoms in total. The summed E-state index contributed by atoms with van der Waals surface area (Å²) in [6.45, 7) is 2.86. The van der Waals surface area contributed by atoms with Gasteiger partial charge in [-0.1, -0.05) is 30.3 Å². The number of unbranched alkanes of at least 4 members (excludes halogenated alkanes) is 1. The summed E-state index contributed by atoms with van der Waals surface area (Å²) in [5.74, 6) is 1.69. The van der Waals surface area contributed by atoms with E-state index in [1.165, 1.54) is 0 Å². The fourth-order valence-corrected chi connectivity index (χ4v) is 1.91. The van der Waals surface area contributed by atoms with Crippen LogP contribution in [0.5, 0.6) is 11.5 Å². The standard InChI is InChI=1S/C18H20O3/c1-15(19)16-8-7-11-18(14-16)21-13-6-5-12-20-17-9-3-2-4-10-17/h2-4,7-11,14H,5-6,12-13H2,1H3. The van der Waals surface area contributed by atoms with Crippen LogP contribution in [0.25, 0.3) is 0 Å². The molecule has 0 bridgehead atoms. The van der Waals surface area contributed by atoms with Crippen LogP contribution in [-0.4, -0.2) is 19.0 Å². The van der Waals surface area contributed by atoms with Gasteiger partial charge in [-0.05, 0) is 44.0 Å². The first-order valence-electron chi connectivity index (χ1n) is 7.17. The summed E-state index contributed by atoms with van der Waals surface area (Å²) >= 11 is 0. The minimum Gasteiger partial charge on any atom is -0.494 e. The summed E-state index contributed by atoms with van der Waals surface area (Å²) in [5.41, 5.74) is 0.680. The smallest absolute Gasteiger partial charge is 0.159 e. The average molecular weight is 284 g/mol. The maximum absolute atomic E-state index is 11.3. The molecule has 0 aliphatic rings. The molecular weight excluding hydrogens is 264 g/mol. The van der Waals surface area contributed by atoms with E-state index in [1.807, 2.05) is 42.5 Å². The Labute approximate surface area is 125 Å². The molecule has 2 aromatic carbocycles. The SMILES string of the molecule is CC(=O)c1cccc(OCCCCOc2ccccc2)c1. The number of hydrogen-bond donors (Lipinski definition) is 0. The highest BCUT2D eigenvalue weighted by atomic mass is 16.5. The second-order valence-electron chi connectivity index (χ2n) is 4.80. The summed E-state index contributed by atoms with van der Waals surface area (Å²) in [6, 6.07) is 17.1. The van der Waals surface area contributed by atoms with Gasteiger partial charge in [0.1, 0.15) is 11.5 Å². The third-order valence-electron chi connectivity index (χ3n) is 3.06. The summed E-state index contributed by atoms with van der Waals surface area (Å²) in [4.78, 5) is 11.3. The molecule has 0 aliphatic carbocycles. The highest BCUT2D eigenvalue weighted by molar-refractivity contribution is 5.94. The van der Waals surface area contributed by atoms with Gasteiger partial charge in [-0.3, -0.25) is 4.79 Å². The number of benzene rings is 2. The number of Topliss-reactive ketones (excluding diaryl/α,β-unsaturated/α-hetero) is 1. The van der Waals surface area contributed by atoms with Gasteiger partial charge in [-0.15, -0.1) is 0 Å². The van der Waals surface area contributed by atoms with Crippen LogP contribution in [0.3, 0.4) is 0 Å². The van der Waals surface area contributed by atoms with Crippen LogP contribution in [0.2, 0.25) is 0 Å². The van der Waals surface area contributed by atoms with Crippen molar-refractivity contribution in [3.05, 3.63) is 60.2 Å². The molecule has 0 radical (unpaired) electrons. The van der Waals surface area contributed by atoms with Crippen LogP contribution in [-0.2, 0) is 0 Å². The highest BCUT2D eigenvalue weighted by Gasteiger charge is 2.01. The Balaban J connectivity index is 1.64. The number of para-hydroxylation sites is 1. The van der Waals surface area contributed by atoms with E-state index in [-0.39, 0.29) is 5.78 Å². The molecule has 0 atom stereocenters. The topological polar surface area (TPSA) is 35.5 Å². The molecule has 2 aromatic rings. The summed E-state index contributed by atoms with van der Waals surface area (Å²) in [6.07, 6.45) is 1.85. The zero-order valence-electron chi connectivity index (χ0n) is 12.2. The molecule has 110 valence electrons. The first-order chi connectivity index (χ1) is 10.3. The van der Waals surface area contributed by atoms with E-state index in [0.717, 1.165) is 24.3 Å². The summed E-state index contributed by atoms with van der Waals surface area (Å²) in [5, 5.41) is 0. The Bertz CT molecular complexity index is 564. The van der Waals surface area contributed by atoms with Crippen molar-refractivity contribution in [2.75, 3.05) is 13.2 Å². The van der Waals surface area contributed by atoms with Crippen molar-refractivity contribution in [1.82, 2.24) is 0 Å². The van der Waals surface area contributed by atoms with Gasteiger partial charge in [0.2, 0.25) is 0 Å². The lowest BCUT2D eigenvalue weighted by Gasteiger charge is -2.08. The minimum atomic E-state index is 0.0525. The normalized spacial score (nSPS) is 10.1. The minimum absolute atomic E-state index is 0.0525. The zero-order valence-corrected chi connectivity index (χ0v) is 12.2. The lowest BCUT2D eigenvalue weighted by Crippen LogP contribution is -2.03. The summed E-state index contributed by atoms with van der Waals surface area (Å²) < 4.78 is 11.2. The van der Waals surface area contributed by atoms with Gasteiger partial charge in [0.15, 0.2) is 5.78 Å². The predicted molar refractivity (Wildman–Crippen MR) is 83.1 cm³/mol. The number of carbonyl (C=O) groups is 1. The quantitative estimate of drug-likeness (QED) is 0.540. The van der Waals surface area contributed by atoms with Crippen molar-refractivity contribution in [2.24, 2.45) is 0 Å². The third kappa shape index (κ3) is 5.30. The molecule has 21 heavy (non-hydrogen) atoms. The van der Waals surface area contributed by atoms with E-state index in [2.05, 4.69) is 0 Å². The number of hydrogen-bond acceptors (Lipinski definition) is 3. The summed E-state index contributed by atoms with van der Waals surface area (Å²) in [7, 11) is 0. The van der Waals surface area contributed by atoms with Crippen LogP contribution in [0.4, 0.5) is 0 Å². The van der Waals surface area contributed by atoms with Crippen LogP contribution >= 0.6 is 0 Å². The second kappa shape index (κ2) is 8.10.